The molecule has 4 nitrogen and oxygen atoms in total. The van der Waals surface area contributed by atoms with Gasteiger partial charge in [0.25, 0.3) is 5.91 Å². The molecular weight excluding hydrogens is 264 g/mol. The van der Waals surface area contributed by atoms with Crippen molar-refractivity contribution in [3.63, 3.8) is 0 Å². The highest BCUT2D eigenvalue weighted by atomic mass is 16.5. The molecule has 0 aromatic heterocycles. The van der Waals surface area contributed by atoms with Crippen LogP contribution in [0.5, 0.6) is 5.75 Å². The lowest BCUT2D eigenvalue weighted by Crippen LogP contribution is -2.21. The Morgan fingerprint density at radius 3 is 2.52 bits per heavy atom. The molecule has 0 aliphatic carbocycles. The van der Waals surface area contributed by atoms with Gasteiger partial charge in [0.05, 0.1) is 0 Å². The van der Waals surface area contributed by atoms with Crippen LogP contribution in [0.15, 0.2) is 48.5 Å². The number of carbonyl (C=O) groups excluding carboxylic acids is 1. The van der Waals surface area contributed by atoms with E-state index >= 15 is 0 Å². The molecule has 0 saturated carbocycles. The summed E-state index contributed by atoms with van der Waals surface area (Å²) in [7, 11) is 0. The fraction of sp³-hybridized carbons (Fsp3) is 0.235. The SMILES string of the molecule is Cc1ccc(NC(=O)COc2ccccc2[C@@H](C)N)cc1. The molecule has 0 fully saturated rings. The Hall–Kier alpha value is -2.33. The molecule has 2 aromatic rings. The number of para-hydroxylation sites is 1. The van der Waals surface area contributed by atoms with Crippen molar-refractivity contribution in [2.45, 2.75) is 19.9 Å². The maximum Gasteiger partial charge on any atom is 0.262 e. The van der Waals surface area contributed by atoms with Crippen molar-refractivity contribution >= 4 is 11.6 Å². The van der Waals surface area contributed by atoms with Crippen molar-refractivity contribution in [1.29, 1.82) is 0 Å². The van der Waals surface area contributed by atoms with Crippen LogP contribution in [0.25, 0.3) is 0 Å². The molecule has 0 aliphatic rings. The summed E-state index contributed by atoms with van der Waals surface area (Å²) >= 11 is 0. The van der Waals surface area contributed by atoms with Gasteiger partial charge in [0.2, 0.25) is 0 Å². The zero-order valence-corrected chi connectivity index (χ0v) is 12.3. The first-order valence-corrected chi connectivity index (χ1v) is 6.90. The fourth-order valence-corrected chi connectivity index (χ4v) is 1.97. The van der Waals surface area contributed by atoms with Gasteiger partial charge in [0.1, 0.15) is 5.75 Å². The normalized spacial score (nSPS) is 11.8. The number of nitrogens with one attached hydrogen (secondary N) is 1. The van der Waals surface area contributed by atoms with Crippen molar-refractivity contribution < 1.29 is 9.53 Å². The third-order valence-corrected chi connectivity index (χ3v) is 3.10. The lowest BCUT2D eigenvalue weighted by molar-refractivity contribution is -0.118. The first-order chi connectivity index (χ1) is 10.1. The average Bonchev–Trinajstić information content (AvgIpc) is 2.48. The van der Waals surface area contributed by atoms with E-state index < -0.39 is 0 Å². The van der Waals surface area contributed by atoms with E-state index in [1.807, 2.05) is 62.4 Å². The molecule has 0 saturated heterocycles. The van der Waals surface area contributed by atoms with Gasteiger partial charge in [-0.3, -0.25) is 4.79 Å². The molecule has 0 spiro atoms. The summed E-state index contributed by atoms with van der Waals surface area (Å²) in [4.78, 5) is 11.9. The van der Waals surface area contributed by atoms with E-state index in [9.17, 15) is 4.79 Å². The quantitative estimate of drug-likeness (QED) is 0.887. The van der Waals surface area contributed by atoms with E-state index in [-0.39, 0.29) is 18.6 Å². The second kappa shape index (κ2) is 6.90. The Morgan fingerprint density at radius 1 is 1.19 bits per heavy atom. The molecule has 110 valence electrons. The molecular formula is C17H20N2O2. The number of hydrogen-bond donors (Lipinski definition) is 2. The minimum Gasteiger partial charge on any atom is -0.483 e. The van der Waals surface area contributed by atoms with Crippen molar-refractivity contribution in [1.82, 2.24) is 0 Å². The fourth-order valence-electron chi connectivity index (χ4n) is 1.97. The molecule has 21 heavy (non-hydrogen) atoms. The van der Waals surface area contributed by atoms with Crippen LogP contribution in [0.1, 0.15) is 24.1 Å². The molecule has 2 rings (SSSR count). The molecule has 3 N–H and O–H groups in total. The second-order valence-electron chi connectivity index (χ2n) is 5.03. The number of anilines is 1. The van der Waals surface area contributed by atoms with Crippen molar-refractivity contribution in [3.05, 3.63) is 59.7 Å². The molecule has 0 bridgehead atoms. The van der Waals surface area contributed by atoms with Crippen LogP contribution in [-0.2, 0) is 4.79 Å². The topological polar surface area (TPSA) is 64.3 Å². The van der Waals surface area contributed by atoms with Gasteiger partial charge < -0.3 is 15.8 Å². The lowest BCUT2D eigenvalue weighted by atomic mass is 10.1. The molecule has 1 atom stereocenters. The summed E-state index contributed by atoms with van der Waals surface area (Å²) in [6.45, 7) is 3.84. The number of hydrogen-bond acceptors (Lipinski definition) is 3. The summed E-state index contributed by atoms with van der Waals surface area (Å²) in [5.74, 6) is 0.449. The average molecular weight is 284 g/mol. The Bertz CT molecular complexity index is 606. The lowest BCUT2D eigenvalue weighted by Gasteiger charge is -2.13. The van der Waals surface area contributed by atoms with Gasteiger partial charge >= 0.3 is 0 Å². The number of aryl methyl sites for hydroxylation is 1. The first-order valence-electron chi connectivity index (χ1n) is 6.90. The van der Waals surface area contributed by atoms with Gasteiger partial charge in [0, 0.05) is 17.3 Å². The van der Waals surface area contributed by atoms with Crippen LogP contribution in [0.4, 0.5) is 5.69 Å². The molecule has 0 aliphatic heterocycles. The zero-order valence-electron chi connectivity index (χ0n) is 12.3. The van der Waals surface area contributed by atoms with Crippen LogP contribution in [0.2, 0.25) is 0 Å². The second-order valence-corrected chi connectivity index (χ2v) is 5.03. The van der Waals surface area contributed by atoms with E-state index in [4.69, 9.17) is 10.5 Å². The van der Waals surface area contributed by atoms with Gasteiger partial charge in [-0.1, -0.05) is 35.9 Å². The maximum atomic E-state index is 11.9. The highest BCUT2D eigenvalue weighted by Crippen LogP contribution is 2.23. The Labute approximate surface area is 124 Å². The Balaban J connectivity index is 1.94. The highest BCUT2D eigenvalue weighted by Gasteiger charge is 2.09. The van der Waals surface area contributed by atoms with E-state index in [2.05, 4.69) is 5.32 Å². The largest absolute Gasteiger partial charge is 0.483 e. The number of benzene rings is 2. The number of nitrogens with two attached hydrogens (primary N) is 1. The molecule has 4 heteroatoms. The summed E-state index contributed by atoms with van der Waals surface area (Å²) < 4.78 is 5.56. The smallest absolute Gasteiger partial charge is 0.262 e. The minimum absolute atomic E-state index is 0.0440. The standard InChI is InChI=1S/C17H20N2O2/c1-12-7-9-14(10-8-12)19-17(20)11-21-16-6-4-3-5-15(16)13(2)18/h3-10,13H,11,18H2,1-2H3,(H,19,20)/t13-/m1/s1. The van der Waals surface area contributed by atoms with Gasteiger partial charge in [-0.15, -0.1) is 0 Å². The van der Waals surface area contributed by atoms with Gasteiger partial charge in [-0.05, 0) is 32.0 Å². The molecule has 0 radical (unpaired) electrons. The third-order valence-electron chi connectivity index (χ3n) is 3.10. The number of amides is 1. The van der Waals surface area contributed by atoms with Crippen LogP contribution >= 0.6 is 0 Å². The molecule has 0 heterocycles. The zero-order chi connectivity index (χ0) is 15.2. The minimum atomic E-state index is -0.196. The number of carbonyl (C=O) groups is 1. The van der Waals surface area contributed by atoms with Crippen molar-refractivity contribution in [3.8, 4) is 5.75 Å². The third kappa shape index (κ3) is 4.33. The summed E-state index contributed by atoms with van der Waals surface area (Å²) in [6, 6.07) is 15.0. The monoisotopic (exact) mass is 284 g/mol. The van der Waals surface area contributed by atoms with Crippen LogP contribution in [0.3, 0.4) is 0 Å². The van der Waals surface area contributed by atoms with E-state index in [0.717, 1.165) is 16.8 Å². The van der Waals surface area contributed by atoms with Crippen LogP contribution in [-0.4, -0.2) is 12.5 Å². The number of ether oxygens (including phenoxy) is 1. The number of rotatable bonds is 5. The van der Waals surface area contributed by atoms with Crippen LogP contribution < -0.4 is 15.8 Å². The first kappa shape index (κ1) is 15.1. The Morgan fingerprint density at radius 2 is 1.86 bits per heavy atom. The summed E-state index contributed by atoms with van der Waals surface area (Å²) in [5.41, 5.74) is 8.67. The van der Waals surface area contributed by atoms with Crippen molar-refractivity contribution in [2.75, 3.05) is 11.9 Å². The molecule has 1 amide bonds. The molecule has 2 aromatic carbocycles. The van der Waals surface area contributed by atoms with Gasteiger partial charge in [0.15, 0.2) is 6.61 Å². The maximum absolute atomic E-state index is 11.9. The van der Waals surface area contributed by atoms with Crippen LogP contribution in [0, 0.1) is 6.92 Å². The predicted octanol–water partition coefficient (Wildman–Crippen LogP) is 3.03. The Kier molecular flexibility index (Phi) is 4.95. The van der Waals surface area contributed by atoms with E-state index in [1.54, 1.807) is 0 Å². The van der Waals surface area contributed by atoms with Gasteiger partial charge in [-0.25, -0.2) is 0 Å². The van der Waals surface area contributed by atoms with Crippen molar-refractivity contribution in [2.24, 2.45) is 5.73 Å². The highest BCUT2D eigenvalue weighted by molar-refractivity contribution is 5.91. The molecule has 0 unspecified atom stereocenters. The predicted molar refractivity (Wildman–Crippen MR) is 84.3 cm³/mol. The van der Waals surface area contributed by atoms with E-state index in [0.29, 0.717) is 5.75 Å². The summed E-state index contributed by atoms with van der Waals surface area (Å²) in [5, 5.41) is 2.79. The summed E-state index contributed by atoms with van der Waals surface area (Å²) in [6.07, 6.45) is 0. The van der Waals surface area contributed by atoms with Gasteiger partial charge in [-0.2, -0.15) is 0 Å². The van der Waals surface area contributed by atoms with E-state index in [1.165, 1.54) is 0 Å².